The molecule has 0 N–H and O–H groups in total. The molecule has 0 unspecified atom stereocenters. The molecule has 0 aliphatic rings. The number of esters is 1. The van der Waals surface area contributed by atoms with Gasteiger partial charge in [-0.25, -0.2) is 9.78 Å². The number of nitrogens with zero attached hydrogens (tertiary/aromatic N) is 3. The second kappa shape index (κ2) is 4.14. The van der Waals surface area contributed by atoms with Gasteiger partial charge in [0.05, 0.1) is 13.3 Å². The van der Waals surface area contributed by atoms with Crippen LogP contribution in [-0.4, -0.2) is 28.3 Å². The molecular weight excluding hydrogens is 214 g/mol. The lowest BCUT2D eigenvalue weighted by atomic mass is 10.4. The van der Waals surface area contributed by atoms with E-state index in [0.717, 1.165) is 0 Å². The molecule has 0 spiro atoms. The van der Waals surface area contributed by atoms with E-state index in [1.807, 2.05) is 0 Å². The van der Waals surface area contributed by atoms with Crippen molar-refractivity contribution in [3.63, 3.8) is 0 Å². The highest BCUT2D eigenvalue weighted by molar-refractivity contribution is 7.16. The van der Waals surface area contributed by atoms with Gasteiger partial charge in [-0.3, -0.25) is 0 Å². The zero-order valence-corrected chi connectivity index (χ0v) is 8.69. The molecule has 15 heavy (non-hydrogen) atoms. The molecule has 0 saturated heterocycles. The Labute approximate surface area is 89.8 Å². The van der Waals surface area contributed by atoms with Crippen molar-refractivity contribution in [1.29, 1.82) is 0 Å². The minimum Gasteiger partial charge on any atom is -0.465 e. The minimum atomic E-state index is -0.386. The highest BCUT2D eigenvalue weighted by Gasteiger charge is 2.12. The van der Waals surface area contributed by atoms with Crippen LogP contribution in [0.2, 0.25) is 0 Å². The lowest BCUT2D eigenvalue weighted by molar-refractivity contribution is 0.0606. The normalized spacial score (nSPS) is 9.93. The van der Waals surface area contributed by atoms with Gasteiger partial charge in [-0.1, -0.05) is 0 Å². The van der Waals surface area contributed by atoms with E-state index in [1.165, 1.54) is 24.6 Å². The summed E-state index contributed by atoms with van der Waals surface area (Å²) in [7, 11) is 1.34. The van der Waals surface area contributed by atoms with Gasteiger partial charge in [0.25, 0.3) is 0 Å². The van der Waals surface area contributed by atoms with E-state index in [0.29, 0.717) is 15.6 Å². The predicted octanol–water partition coefficient (Wildman–Crippen LogP) is 1.39. The molecule has 2 heterocycles. The van der Waals surface area contributed by atoms with Crippen LogP contribution in [0.4, 0.5) is 0 Å². The van der Waals surface area contributed by atoms with Gasteiger partial charge in [0.15, 0.2) is 0 Å². The van der Waals surface area contributed by atoms with Crippen LogP contribution in [0.5, 0.6) is 0 Å². The van der Waals surface area contributed by atoms with Crippen LogP contribution in [0.3, 0.4) is 0 Å². The molecule has 6 heteroatoms. The second-order valence-corrected chi connectivity index (χ2v) is 3.66. The molecule has 0 radical (unpaired) electrons. The Hall–Kier alpha value is -1.82. The maximum atomic E-state index is 11.2. The highest BCUT2D eigenvalue weighted by Crippen LogP contribution is 2.22. The summed E-state index contributed by atoms with van der Waals surface area (Å²) in [4.78, 5) is 15.7. The smallest absolute Gasteiger partial charge is 0.349 e. The molecular formula is C9H7N3O2S. The number of hydrogen-bond donors (Lipinski definition) is 0. The van der Waals surface area contributed by atoms with Crippen molar-refractivity contribution < 1.29 is 9.53 Å². The Morgan fingerprint density at radius 2 is 2.40 bits per heavy atom. The number of carbonyl (C=O) groups excluding carboxylic acids is 1. The summed E-state index contributed by atoms with van der Waals surface area (Å²) >= 11 is 1.23. The number of rotatable bonds is 2. The average Bonchev–Trinajstić information content (AvgIpc) is 2.78. The van der Waals surface area contributed by atoms with Crippen LogP contribution in [0.1, 0.15) is 9.67 Å². The molecule has 0 aromatic carbocycles. The molecule has 5 nitrogen and oxygen atoms in total. The predicted molar refractivity (Wildman–Crippen MR) is 54.5 cm³/mol. The first-order chi connectivity index (χ1) is 7.31. The van der Waals surface area contributed by atoms with Crippen molar-refractivity contribution in [2.45, 2.75) is 0 Å². The Balaban J connectivity index is 2.32. The third kappa shape index (κ3) is 1.99. The molecule has 0 aliphatic carbocycles. The number of methoxy groups -OCH3 is 1. The molecule has 0 aliphatic heterocycles. The lowest BCUT2D eigenvalue weighted by Crippen LogP contribution is -1.96. The average molecular weight is 221 g/mol. The summed E-state index contributed by atoms with van der Waals surface area (Å²) < 4.78 is 4.58. The minimum absolute atomic E-state index is 0.386. The summed E-state index contributed by atoms with van der Waals surface area (Å²) in [5, 5.41) is 8.29. The Kier molecular flexibility index (Phi) is 2.68. The van der Waals surface area contributed by atoms with Crippen LogP contribution in [0.25, 0.3) is 10.7 Å². The van der Waals surface area contributed by atoms with E-state index < -0.39 is 0 Å². The fraction of sp³-hybridized carbons (Fsp3) is 0.111. The van der Waals surface area contributed by atoms with Crippen molar-refractivity contribution in [3.8, 4) is 10.7 Å². The van der Waals surface area contributed by atoms with Gasteiger partial charge in [0, 0.05) is 6.20 Å². The van der Waals surface area contributed by atoms with Crippen molar-refractivity contribution in [2.75, 3.05) is 7.11 Å². The number of thiazole rings is 1. The summed E-state index contributed by atoms with van der Waals surface area (Å²) in [5.41, 5.74) is 0.651. The van der Waals surface area contributed by atoms with Gasteiger partial charge < -0.3 is 4.74 Å². The first-order valence-corrected chi connectivity index (χ1v) is 4.95. The summed E-state index contributed by atoms with van der Waals surface area (Å²) in [5.74, 6) is -0.386. The van der Waals surface area contributed by atoms with E-state index >= 15 is 0 Å². The fourth-order valence-corrected chi connectivity index (χ4v) is 1.80. The third-order valence-corrected chi connectivity index (χ3v) is 2.68. The molecule has 0 fully saturated rings. The highest BCUT2D eigenvalue weighted by atomic mass is 32.1. The molecule has 0 bridgehead atoms. The van der Waals surface area contributed by atoms with Gasteiger partial charge in [-0.15, -0.1) is 16.4 Å². The molecule has 2 aromatic heterocycles. The maximum absolute atomic E-state index is 11.2. The van der Waals surface area contributed by atoms with Crippen molar-refractivity contribution in [1.82, 2.24) is 15.2 Å². The van der Waals surface area contributed by atoms with Crippen LogP contribution >= 0.6 is 11.3 Å². The summed E-state index contributed by atoms with van der Waals surface area (Å²) in [6.45, 7) is 0. The number of hydrogen-bond acceptors (Lipinski definition) is 6. The van der Waals surface area contributed by atoms with Gasteiger partial charge in [-0.2, -0.15) is 5.10 Å². The van der Waals surface area contributed by atoms with E-state index in [4.69, 9.17) is 0 Å². The molecule has 0 amide bonds. The van der Waals surface area contributed by atoms with E-state index in [9.17, 15) is 4.79 Å². The van der Waals surface area contributed by atoms with Crippen LogP contribution in [0.15, 0.2) is 24.5 Å². The van der Waals surface area contributed by atoms with Crippen LogP contribution in [-0.2, 0) is 4.74 Å². The van der Waals surface area contributed by atoms with Crippen LogP contribution < -0.4 is 0 Å². The van der Waals surface area contributed by atoms with E-state index in [-0.39, 0.29) is 5.97 Å². The Morgan fingerprint density at radius 3 is 3.07 bits per heavy atom. The topological polar surface area (TPSA) is 65.0 Å². The summed E-state index contributed by atoms with van der Waals surface area (Å²) in [6.07, 6.45) is 3.05. The second-order valence-electron chi connectivity index (χ2n) is 2.63. The number of carbonyl (C=O) groups is 1. The van der Waals surface area contributed by atoms with Crippen molar-refractivity contribution in [2.24, 2.45) is 0 Å². The maximum Gasteiger partial charge on any atom is 0.349 e. The van der Waals surface area contributed by atoms with Gasteiger partial charge >= 0.3 is 5.97 Å². The van der Waals surface area contributed by atoms with Crippen molar-refractivity contribution in [3.05, 3.63) is 29.4 Å². The summed E-state index contributed by atoms with van der Waals surface area (Å²) in [6, 6.07) is 3.55. The standard InChI is InChI=1S/C9H7N3O2S/c1-14-9(13)7-5-10-8(15-7)6-3-2-4-11-12-6/h2-5H,1H3. The van der Waals surface area contributed by atoms with Gasteiger partial charge in [-0.05, 0) is 12.1 Å². The van der Waals surface area contributed by atoms with Gasteiger partial charge in [0.2, 0.25) is 0 Å². The van der Waals surface area contributed by atoms with Crippen LogP contribution in [0, 0.1) is 0 Å². The SMILES string of the molecule is COC(=O)c1cnc(-c2cccnn2)s1. The quantitative estimate of drug-likeness (QED) is 0.717. The molecule has 2 rings (SSSR count). The number of ether oxygens (including phenoxy) is 1. The fourth-order valence-electron chi connectivity index (χ4n) is 1.00. The Bertz CT molecular complexity index is 469. The molecule has 2 aromatic rings. The zero-order chi connectivity index (χ0) is 10.7. The monoisotopic (exact) mass is 221 g/mol. The van der Waals surface area contributed by atoms with Gasteiger partial charge in [0.1, 0.15) is 15.6 Å². The number of aromatic nitrogens is 3. The molecule has 76 valence electrons. The molecule has 0 atom stereocenters. The van der Waals surface area contributed by atoms with E-state index in [2.05, 4.69) is 19.9 Å². The third-order valence-electron chi connectivity index (χ3n) is 1.68. The zero-order valence-electron chi connectivity index (χ0n) is 7.88. The first-order valence-electron chi connectivity index (χ1n) is 4.13. The Morgan fingerprint density at radius 1 is 1.53 bits per heavy atom. The van der Waals surface area contributed by atoms with E-state index in [1.54, 1.807) is 18.3 Å². The lowest BCUT2D eigenvalue weighted by Gasteiger charge is -1.92. The molecule has 0 saturated carbocycles. The largest absolute Gasteiger partial charge is 0.465 e. The first kappa shape index (κ1) is 9.72. The van der Waals surface area contributed by atoms with Crippen molar-refractivity contribution >= 4 is 17.3 Å².